The fourth-order valence-electron chi connectivity index (χ4n) is 3.24. The minimum atomic E-state index is -0.289. The van der Waals surface area contributed by atoms with E-state index < -0.39 is 0 Å². The van der Waals surface area contributed by atoms with Crippen molar-refractivity contribution in [3.8, 4) is 0 Å². The van der Waals surface area contributed by atoms with Gasteiger partial charge in [-0.25, -0.2) is 9.37 Å². The largest absolute Gasteiger partial charge is 0.376 e. The third-order valence-corrected chi connectivity index (χ3v) is 7.34. The van der Waals surface area contributed by atoms with E-state index in [1.807, 2.05) is 19.1 Å². The zero-order valence-electron chi connectivity index (χ0n) is 15.9. The first-order chi connectivity index (χ1) is 14.0. The van der Waals surface area contributed by atoms with E-state index in [2.05, 4.69) is 0 Å². The first kappa shape index (κ1) is 20.6. The minimum absolute atomic E-state index is 0.0124. The molecule has 1 atom stereocenters. The maximum atomic E-state index is 13.1. The van der Waals surface area contributed by atoms with Crippen LogP contribution in [0.15, 0.2) is 41.3 Å². The molecule has 0 saturated carbocycles. The lowest BCUT2D eigenvalue weighted by atomic mass is 10.2. The summed E-state index contributed by atoms with van der Waals surface area (Å²) >= 11 is 9.17. The minimum Gasteiger partial charge on any atom is -0.376 e. The fourth-order valence-corrected chi connectivity index (χ4v) is 5.36. The van der Waals surface area contributed by atoms with Crippen molar-refractivity contribution in [3.05, 3.63) is 52.8 Å². The summed E-state index contributed by atoms with van der Waals surface area (Å²) < 4.78 is 19.8. The van der Waals surface area contributed by atoms with Gasteiger partial charge in [0.2, 0.25) is 5.91 Å². The zero-order valence-corrected chi connectivity index (χ0v) is 18.2. The number of hydrogen-bond donors (Lipinski definition) is 0. The quantitative estimate of drug-likeness (QED) is 0.451. The van der Waals surface area contributed by atoms with Crippen molar-refractivity contribution >= 4 is 56.0 Å². The molecule has 1 fully saturated rings. The Morgan fingerprint density at radius 1 is 1.34 bits per heavy atom. The Balaban J connectivity index is 1.58. The van der Waals surface area contributed by atoms with Crippen LogP contribution in [0.25, 0.3) is 10.2 Å². The van der Waals surface area contributed by atoms with Crippen LogP contribution in [0.5, 0.6) is 0 Å². The lowest BCUT2D eigenvalue weighted by molar-refractivity contribution is -0.116. The smallest absolute Gasteiger partial charge is 0.239 e. The van der Waals surface area contributed by atoms with Gasteiger partial charge in [-0.3, -0.25) is 9.69 Å². The summed E-state index contributed by atoms with van der Waals surface area (Å²) in [5.41, 5.74) is 1.85. The predicted octanol–water partition coefficient (Wildman–Crippen LogP) is 5.70. The Labute approximate surface area is 182 Å². The molecule has 4 nitrogen and oxygen atoms in total. The van der Waals surface area contributed by atoms with Crippen LogP contribution in [0.3, 0.4) is 0 Å². The summed E-state index contributed by atoms with van der Waals surface area (Å²) in [4.78, 5) is 20.4. The number of carbonyl (C=O) groups excluding carboxylic acids is 1. The molecular formula is C21H20ClFN2O2S2. The van der Waals surface area contributed by atoms with Gasteiger partial charge in [-0.2, -0.15) is 0 Å². The van der Waals surface area contributed by atoms with Crippen LogP contribution in [0.2, 0.25) is 5.02 Å². The molecule has 8 heteroatoms. The number of fused-ring (bicyclic) bond motifs is 1. The predicted molar refractivity (Wildman–Crippen MR) is 118 cm³/mol. The Morgan fingerprint density at radius 3 is 2.83 bits per heavy atom. The van der Waals surface area contributed by atoms with Gasteiger partial charge in [-0.1, -0.05) is 29.0 Å². The normalized spacial score (nSPS) is 16.4. The van der Waals surface area contributed by atoms with Crippen LogP contribution in [-0.2, 0) is 9.53 Å². The summed E-state index contributed by atoms with van der Waals surface area (Å²) in [6, 6.07) is 9.95. The molecule has 2 aromatic carbocycles. The molecule has 1 aromatic heterocycles. The molecule has 2 heterocycles. The molecule has 1 amide bonds. The molecule has 0 N–H and O–H groups in total. The van der Waals surface area contributed by atoms with Crippen LogP contribution in [0, 0.1) is 12.7 Å². The zero-order chi connectivity index (χ0) is 20.4. The topological polar surface area (TPSA) is 42.4 Å². The molecule has 3 aromatic rings. The number of hydrogen-bond acceptors (Lipinski definition) is 5. The lowest BCUT2D eigenvalue weighted by Crippen LogP contribution is -2.38. The number of ether oxygens (including phenoxy) is 1. The maximum absolute atomic E-state index is 13.1. The number of halogens is 2. The van der Waals surface area contributed by atoms with E-state index in [0.29, 0.717) is 16.7 Å². The van der Waals surface area contributed by atoms with Gasteiger partial charge in [-0.05, 0) is 55.7 Å². The summed E-state index contributed by atoms with van der Waals surface area (Å²) in [6.45, 7) is 3.18. The van der Waals surface area contributed by atoms with Crippen molar-refractivity contribution in [3.63, 3.8) is 0 Å². The second-order valence-electron chi connectivity index (χ2n) is 6.92. The van der Waals surface area contributed by atoms with Gasteiger partial charge in [0, 0.05) is 11.5 Å². The summed E-state index contributed by atoms with van der Waals surface area (Å²) in [7, 11) is 0. The van der Waals surface area contributed by atoms with Crippen LogP contribution in [0.1, 0.15) is 18.4 Å². The second kappa shape index (κ2) is 9.00. The number of aromatic nitrogens is 1. The maximum Gasteiger partial charge on any atom is 0.239 e. The van der Waals surface area contributed by atoms with Crippen molar-refractivity contribution in [2.75, 3.05) is 23.8 Å². The fraction of sp³-hybridized carbons (Fsp3) is 0.333. The van der Waals surface area contributed by atoms with E-state index >= 15 is 0 Å². The van der Waals surface area contributed by atoms with Gasteiger partial charge >= 0.3 is 0 Å². The highest BCUT2D eigenvalue weighted by molar-refractivity contribution is 8.00. The molecule has 0 bridgehead atoms. The lowest BCUT2D eigenvalue weighted by Gasteiger charge is -2.23. The molecule has 4 rings (SSSR count). The van der Waals surface area contributed by atoms with Crippen molar-refractivity contribution in [2.24, 2.45) is 0 Å². The molecule has 1 saturated heterocycles. The van der Waals surface area contributed by atoms with Gasteiger partial charge < -0.3 is 4.74 Å². The number of amides is 1. The number of rotatable bonds is 6. The van der Waals surface area contributed by atoms with Crippen molar-refractivity contribution in [1.29, 1.82) is 0 Å². The highest BCUT2D eigenvalue weighted by Crippen LogP contribution is 2.36. The summed E-state index contributed by atoms with van der Waals surface area (Å²) in [5.74, 6) is -0.105. The number of thiazole rings is 1. The van der Waals surface area contributed by atoms with Crippen LogP contribution in [0.4, 0.5) is 9.52 Å². The van der Waals surface area contributed by atoms with Gasteiger partial charge in [0.05, 0.1) is 33.6 Å². The van der Waals surface area contributed by atoms with E-state index in [4.69, 9.17) is 21.3 Å². The third-order valence-electron chi connectivity index (χ3n) is 4.80. The molecule has 29 heavy (non-hydrogen) atoms. The number of carbonyl (C=O) groups is 1. The van der Waals surface area contributed by atoms with Crippen LogP contribution in [-0.4, -0.2) is 35.9 Å². The van der Waals surface area contributed by atoms with Gasteiger partial charge in [0.25, 0.3) is 0 Å². The number of nitrogens with zero attached hydrogens (tertiary/aromatic N) is 2. The van der Waals surface area contributed by atoms with Crippen LogP contribution < -0.4 is 4.90 Å². The van der Waals surface area contributed by atoms with Gasteiger partial charge in [0.1, 0.15) is 5.82 Å². The molecule has 1 aliphatic rings. The molecule has 0 spiro atoms. The molecule has 1 aliphatic heterocycles. The standard InChI is InChI=1S/C21H20ClFN2O2S2/c1-13-4-9-17(22)20-19(13)24-21(29-20)25(11-15-3-2-10-27-15)18(26)12-28-16-7-5-14(23)6-8-16/h4-9,15H,2-3,10-12H2,1H3. The van der Waals surface area contributed by atoms with Crippen molar-refractivity contribution in [2.45, 2.75) is 30.8 Å². The highest BCUT2D eigenvalue weighted by Gasteiger charge is 2.26. The third kappa shape index (κ3) is 4.74. The average Bonchev–Trinajstić information content (AvgIpc) is 3.39. The first-order valence-electron chi connectivity index (χ1n) is 9.37. The molecule has 1 unspecified atom stereocenters. The monoisotopic (exact) mass is 450 g/mol. The van der Waals surface area contributed by atoms with Crippen molar-refractivity contribution in [1.82, 2.24) is 4.98 Å². The van der Waals surface area contributed by atoms with E-state index in [1.54, 1.807) is 17.0 Å². The first-order valence-corrected chi connectivity index (χ1v) is 11.6. The van der Waals surface area contributed by atoms with E-state index in [0.717, 1.165) is 40.1 Å². The van der Waals surface area contributed by atoms with Gasteiger partial charge in [-0.15, -0.1) is 11.8 Å². The van der Waals surface area contributed by atoms with Gasteiger partial charge in [0.15, 0.2) is 5.13 Å². The Bertz CT molecular complexity index is 980. The Hall–Kier alpha value is -1.67. The Kier molecular flexibility index (Phi) is 6.39. The van der Waals surface area contributed by atoms with E-state index in [1.165, 1.54) is 35.2 Å². The molecule has 152 valence electrons. The number of thioether (sulfide) groups is 1. The Morgan fingerprint density at radius 2 is 2.14 bits per heavy atom. The SMILES string of the molecule is Cc1ccc(Cl)c2sc(N(CC3CCCO3)C(=O)CSc3ccc(F)cc3)nc12. The number of anilines is 1. The average molecular weight is 451 g/mol. The number of aryl methyl sites for hydroxylation is 1. The number of benzene rings is 2. The van der Waals surface area contributed by atoms with E-state index in [9.17, 15) is 9.18 Å². The highest BCUT2D eigenvalue weighted by atomic mass is 35.5. The van der Waals surface area contributed by atoms with Crippen molar-refractivity contribution < 1.29 is 13.9 Å². The summed E-state index contributed by atoms with van der Waals surface area (Å²) in [5, 5.41) is 1.27. The van der Waals surface area contributed by atoms with E-state index in [-0.39, 0.29) is 23.6 Å². The van der Waals surface area contributed by atoms with Crippen LogP contribution >= 0.6 is 34.7 Å². The second-order valence-corrected chi connectivity index (χ2v) is 9.35. The molecule has 0 aliphatic carbocycles. The summed E-state index contributed by atoms with van der Waals surface area (Å²) in [6.07, 6.45) is 1.94. The molecule has 0 radical (unpaired) electrons. The molecular weight excluding hydrogens is 431 g/mol.